The van der Waals surface area contributed by atoms with E-state index in [0.29, 0.717) is 5.88 Å². The lowest BCUT2D eigenvalue weighted by Gasteiger charge is -2.21. The van der Waals surface area contributed by atoms with Gasteiger partial charge in [0.2, 0.25) is 5.88 Å². The molecule has 0 atom stereocenters. The summed E-state index contributed by atoms with van der Waals surface area (Å²) in [6.45, 7) is 2.98. The number of hydrogen-bond acceptors (Lipinski definition) is 4. The second kappa shape index (κ2) is 6.57. The van der Waals surface area contributed by atoms with Gasteiger partial charge in [0.05, 0.1) is 12.7 Å². The molecule has 18 heavy (non-hydrogen) atoms. The van der Waals surface area contributed by atoms with Crippen LogP contribution in [0.15, 0.2) is 6.33 Å². The van der Waals surface area contributed by atoms with Gasteiger partial charge in [-0.2, -0.15) is 0 Å². The molecule has 1 fully saturated rings. The zero-order chi connectivity index (χ0) is 12.8. The van der Waals surface area contributed by atoms with Crippen molar-refractivity contribution < 1.29 is 4.74 Å². The third-order valence-electron chi connectivity index (χ3n) is 3.80. The van der Waals surface area contributed by atoms with E-state index >= 15 is 0 Å². The van der Waals surface area contributed by atoms with Crippen molar-refractivity contribution in [1.29, 1.82) is 0 Å². The summed E-state index contributed by atoms with van der Waals surface area (Å²) < 4.78 is 5.19. The minimum atomic E-state index is 0.658. The highest BCUT2D eigenvalue weighted by Crippen LogP contribution is 2.26. The Balaban J connectivity index is 1.82. The first-order chi connectivity index (χ1) is 8.81. The summed E-state index contributed by atoms with van der Waals surface area (Å²) in [6, 6.07) is 0. The average Bonchev–Trinajstić information content (AvgIpc) is 2.42. The third kappa shape index (κ3) is 3.34. The van der Waals surface area contributed by atoms with Crippen LogP contribution in [-0.2, 0) is 0 Å². The number of hydrogen-bond donors (Lipinski definition) is 1. The molecule has 1 aromatic heterocycles. The molecule has 0 aromatic carbocycles. The van der Waals surface area contributed by atoms with E-state index in [-0.39, 0.29) is 0 Å². The van der Waals surface area contributed by atoms with Crippen molar-refractivity contribution in [1.82, 2.24) is 9.97 Å². The summed E-state index contributed by atoms with van der Waals surface area (Å²) in [5, 5.41) is 3.40. The van der Waals surface area contributed by atoms with Crippen molar-refractivity contribution in [3.63, 3.8) is 0 Å². The van der Waals surface area contributed by atoms with Crippen LogP contribution in [0.4, 0.5) is 5.82 Å². The largest absolute Gasteiger partial charge is 0.481 e. The van der Waals surface area contributed by atoms with Crippen molar-refractivity contribution in [3.05, 3.63) is 11.9 Å². The van der Waals surface area contributed by atoms with Crippen molar-refractivity contribution in [2.24, 2.45) is 5.92 Å². The van der Waals surface area contributed by atoms with Gasteiger partial charge in [-0.15, -0.1) is 0 Å². The Bertz CT molecular complexity index is 375. The molecule has 100 valence electrons. The molecular weight excluding hydrogens is 226 g/mol. The standard InChI is InChI=1S/C14H23N3O/c1-11-13(16-10-17-14(11)18-2)15-9-8-12-6-4-3-5-7-12/h10,12H,3-9H2,1-2H3,(H,15,16,17). The first-order valence-corrected chi connectivity index (χ1v) is 6.90. The number of methoxy groups -OCH3 is 1. The van der Waals surface area contributed by atoms with Gasteiger partial charge in [-0.1, -0.05) is 32.1 Å². The minimum absolute atomic E-state index is 0.658. The molecular formula is C14H23N3O. The molecule has 4 heteroatoms. The predicted octanol–water partition coefficient (Wildman–Crippen LogP) is 3.18. The quantitative estimate of drug-likeness (QED) is 0.870. The highest BCUT2D eigenvalue weighted by Gasteiger charge is 2.13. The molecule has 0 aliphatic heterocycles. The SMILES string of the molecule is COc1ncnc(NCCC2CCCCC2)c1C. The van der Waals surface area contributed by atoms with Crippen molar-refractivity contribution in [2.45, 2.75) is 45.4 Å². The summed E-state index contributed by atoms with van der Waals surface area (Å²) in [5.74, 6) is 2.46. The van der Waals surface area contributed by atoms with Gasteiger partial charge >= 0.3 is 0 Å². The van der Waals surface area contributed by atoms with E-state index in [1.165, 1.54) is 38.5 Å². The average molecular weight is 249 g/mol. The molecule has 4 nitrogen and oxygen atoms in total. The van der Waals surface area contributed by atoms with Crippen LogP contribution in [0.1, 0.15) is 44.1 Å². The fraction of sp³-hybridized carbons (Fsp3) is 0.714. The maximum absolute atomic E-state index is 5.19. The fourth-order valence-corrected chi connectivity index (χ4v) is 2.69. The highest BCUT2D eigenvalue weighted by atomic mass is 16.5. The second-order valence-electron chi connectivity index (χ2n) is 5.08. The lowest BCUT2D eigenvalue weighted by molar-refractivity contribution is 0.345. The molecule has 0 unspecified atom stereocenters. The van der Waals surface area contributed by atoms with Crippen LogP contribution in [0.3, 0.4) is 0 Å². The number of anilines is 1. The molecule has 0 radical (unpaired) electrons. The molecule has 1 aliphatic rings. The Morgan fingerprint density at radius 2 is 2.06 bits per heavy atom. The van der Waals surface area contributed by atoms with Crippen molar-refractivity contribution in [3.8, 4) is 5.88 Å². The molecule has 1 N–H and O–H groups in total. The van der Waals surface area contributed by atoms with Gasteiger partial charge in [-0.25, -0.2) is 9.97 Å². The molecule has 1 saturated carbocycles. The first kappa shape index (κ1) is 13.1. The molecule has 1 heterocycles. The van der Waals surface area contributed by atoms with Crippen LogP contribution in [0, 0.1) is 12.8 Å². The lowest BCUT2D eigenvalue weighted by Crippen LogP contribution is -2.13. The van der Waals surface area contributed by atoms with E-state index in [2.05, 4.69) is 15.3 Å². The molecule has 0 spiro atoms. The Hall–Kier alpha value is -1.32. The Kier molecular flexibility index (Phi) is 4.79. The smallest absolute Gasteiger partial charge is 0.221 e. The third-order valence-corrected chi connectivity index (χ3v) is 3.80. The van der Waals surface area contributed by atoms with Crippen LogP contribution in [0.2, 0.25) is 0 Å². The van der Waals surface area contributed by atoms with Crippen LogP contribution in [-0.4, -0.2) is 23.6 Å². The maximum atomic E-state index is 5.19. The Morgan fingerprint density at radius 1 is 1.28 bits per heavy atom. The van der Waals surface area contributed by atoms with E-state index in [1.54, 1.807) is 13.4 Å². The summed E-state index contributed by atoms with van der Waals surface area (Å²) in [5.41, 5.74) is 0.989. The maximum Gasteiger partial charge on any atom is 0.221 e. The summed E-state index contributed by atoms with van der Waals surface area (Å²) in [7, 11) is 1.64. The molecule has 0 bridgehead atoms. The van der Waals surface area contributed by atoms with Crippen molar-refractivity contribution in [2.75, 3.05) is 19.0 Å². The fourth-order valence-electron chi connectivity index (χ4n) is 2.69. The number of ether oxygens (including phenoxy) is 1. The lowest BCUT2D eigenvalue weighted by atomic mass is 9.87. The summed E-state index contributed by atoms with van der Waals surface area (Å²) in [4.78, 5) is 8.35. The molecule has 1 aromatic rings. The second-order valence-corrected chi connectivity index (χ2v) is 5.08. The molecule has 2 rings (SSSR count). The molecule has 0 saturated heterocycles. The zero-order valence-electron chi connectivity index (χ0n) is 11.4. The Morgan fingerprint density at radius 3 is 2.78 bits per heavy atom. The Labute approximate surface area is 109 Å². The predicted molar refractivity (Wildman–Crippen MR) is 73.0 cm³/mol. The van der Waals surface area contributed by atoms with Gasteiger partial charge in [-0.05, 0) is 19.3 Å². The van der Waals surface area contributed by atoms with Gasteiger partial charge in [0.15, 0.2) is 0 Å². The van der Waals surface area contributed by atoms with E-state index in [4.69, 9.17) is 4.74 Å². The van der Waals surface area contributed by atoms with Crippen LogP contribution < -0.4 is 10.1 Å². The van der Waals surface area contributed by atoms with Gasteiger partial charge in [-0.3, -0.25) is 0 Å². The monoisotopic (exact) mass is 249 g/mol. The number of nitrogens with one attached hydrogen (secondary N) is 1. The van der Waals surface area contributed by atoms with E-state index in [9.17, 15) is 0 Å². The zero-order valence-corrected chi connectivity index (χ0v) is 11.4. The van der Waals surface area contributed by atoms with Crippen LogP contribution >= 0.6 is 0 Å². The van der Waals surface area contributed by atoms with Gasteiger partial charge < -0.3 is 10.1 Å². The normalized spacial score (nSPS) is 16.6. The van der Waals surface area contributed by atoms with E-state index in [1.807, 2.05) is 6.92 Å². The topological polar surface area (TPSA) is 47.0 Å². The van der Waals surface area contributed by atoms with Gasteiger partial charge in [0, 0.05) is 6.54 Å². The minimum Gasteiger partial charge on any atom is -0.481 e. The summed E-state index contributed by atoms with van der Waals surface area (Å²) in [6.07, 6.45) is 9.82. The van der Waals surface area contributed by atoms with E-state index < -0.39 is 0 Å². The van der Waals surface area contributed by atoms with Crippen molar-refractivity contribution >= 4 is 5.82 Å². The molecule has 1 aliphatic carbocycles. The number of nitrogens with zero attached hydrogens (tertiary/aromatic N) is 2. The first-order valence-electron chi connectivity index (χ1n) is 6.90. The number of aromatic nitrogens is 2. The number of rotatable bonds is 5. The van der Waals surface area contributed by atoms with Gasteiger partial charge in [0.25, 0.3) is 0 Å². The summed E-state index contributed by atoms with van der Waals surface area (Å²) >= 11 is 0. The highest BCUT2D eigenvalue weighted by molar-refractivity contribution is 5.47. The van der Waals surface area contributed by atoms with Crippen LogP contribution in [0.25, 0.3) is 0 Å². The van der Waals surface area contributed by atoms with Crippen LogP contribution in [0.5, 0.6) is 5.88 Å². The van der Waals surface area contributed by atoms with E-state index in [0.717, 1.165) is 23.8 Å². The molecule has 0 amide bonds. The van der Waals surface area contributed by atoms with Gasteiger partial charge in [0.1, 0.15) is 12.1 Å².